The van der Waals surface area contributed by atoms with Crippen molar-refractivity contribution in [3.8, 4) is 6.07 Å². The average Bonchev–Trinajstić information content (AvgIpc) is 2.61. The molecule has 0 fully saturated rings. The number of hydrogen-bond donors (Lipinski definition) is 0. The summed E-state index contributed by atoms with van der Waals surface area (Å²) in [5.74, 6) is 0. The smallest absolute Gasteiger partial charge is 0.0684 e. The molecule has 0 unspecified atom stereocenters. The van der Waals surface area contributed by atoms with E-state index in [1.165, 1.54) is 4.88 Å². The molecule has 0 aliphatic heterocycles. The van der Waals surface area contributed by atoms with E-state index in [0.717, 1.165) is 24.0 Å². The molecular weight excluding hydrogens is 284 g/mol. The Hall–Kier alpha value is -0.370. The number of hydrogen-bond acceptors (Lipinski definition) is 3. The third-order valence-corrected chi connectivity index (χ3v) is 4.15. The van der Waals surface area contributed by atoms with Crippen LogP contribution in [0.4, 0.5) is 0 Å². The average molecular weight is 301 g/mol. The summed E-state index contributed by atoms with van der Waals surface area (Å²) in [7, 11) is 2.10. The molecule has 0 aliphatic carbocycles. The van der Waals surface area contributed by atoms with Gasteiger partial charge in [-0.15, -0.1) is 11.3 Å². The monoisotopic (exact) mass is 300 g/mol. The van der Waals surface area contributed by atoms with Crippen molar-refractivity contribution in [1.82, 2.24) is 4.90 Å². The first-order valence-corrected chi connectivity index (χ1v) is 6.93. The minimum absolute atomic E-state index is 0.218. The van der Waals surface area contributed by atoms with E-state index in [1.54, 1.807) is 11.3 Å². The maximum Gasteiger partial charge on any atom is 0.0684 e. The topological polar surface area (TPSA) is 27.0 Å². The van der Waals surface area contributed by atoms with Gasteiger partial charge in [0.15, 0.2) is 0 Å². The van der Waals surface area contributed by atoms with Gasteiger partial charge >= 0.3 is 0 Å². The van der Waals surface area contributed by atoms with Gasteiger partial charge in [-0.2, -0.15) is 5.26 Å². The van der Waals surface area contributed by atoms with Gasteiger partial charge < -0.3 is 4.90 Å². The largest absolute Gasteiger partial charge is 0.301 e. The molecule has 1 aromatic heterocycles. The van der Waals surface area contributed by atoms with Gasteiger partial charge in [0.25, 0.3) is 0 Å². The lowest BCUT2D eigenvalue weighted by Gasteiger charge is -2.21. The quantitative estimate of drug-likeness (QED) is 0.825. The molecule has 0 spiro atoms. The summed E-state index contributed by atoms with van der Waals surface area (Å²) in [4.78, 5) is 3.61. The molecule has 1 heterocycles. The minimum Gasteiger partial charge on any atom is -0.301 e. The normalized spacial score (nSPS) is 11.8. The molecule has 4 heteroatoms. The fourth-order valence-electron chi connectivity index (χ4n) is 1.31. The molecule has 16 heavy (non-hydrogen) atoms. The molecule has 1 aromatic rings. The zero-order valence-electron chi connectivity index (χ0n) is 9.96. The Kier molecular flexibility index (Phi) is 4.97. The zero-order valence-corrected chi connectivity index (χ0v) is 12.4. The van der Waals surface area contributed by atoms with E-state index in [1.807, 2.05) is 13.8 Å². The molecule has 0 saturated carbocycles. The lowest BCUT2D eigenvalue weighted by Crippen LogP contribution is -2.23. The molecular formula is C12H17BrN2S. The summed E-state index contributed by atoms with van der Waals surface area (Å²) in [5.41, 5.74) is -0.218. The molecule has 1 rings (SSSR count). The van der Waals surface area contributed by atoms with Crippen LogP contribution in [0.2, 0.25) is 0 Å². The first-order chi connectivity index (χ1) is 7.43. The van der Waals surface area contributed by atoms with Crippen molar-refractivity contribution in [3.05, 3.63) is 20.8 Å². The molecule has 2 nitrogen and oxygen atoms in total. The maximum absolute atomic E-state index is 8.93. The van der Waals surface area contributed by atoms with E-state index >= 15 is 0 Å². The summed E-state index contributed by atoms with van der Waals surface area (Å²) in [5, 5.41) is 11.0. The van der Waals surface area contributed by atoms with Gasteiger partial charge in [0.1, 0.15) is 0 Å². The van der Waals surface area contributed by atoms with Crippen molar-refractivity contribution in [2.75, 3.05) is 13.6 Å². The zero-order chi connectivity index (χ0) is 12.2. The van der Waals surface area contributed by atoms with E-state index in [2.05, 4.69) is 45.4 Å². The minimum atomic E-state index is -0.218. The predicted octanol–water partition coefficient (Wildman–Crippen LogP) is 3.88. The highest BCUT2D eigenvalue weighted by Crippen LogP contribution is 2.22. The molecule has 0 atom stereocenters. The van der Waals surface area contributed by atoms with Crippen LogP contribution in [0.5, 0.6) is 0 Å². The second-order valence-corrected chi connectivity index (χ2v) is 6.63. The Balaban J connectivity index is 2.37. The van der Waals surface area contributed by atoms with Crippen LogP contribution < -0.4 is 0 Å². The van der Waals surface area contributed by atoms with Crippen molar-refractivity contribution in [1.29, 1.82) is 5.26 Å². The molecule has 0 amide bonds. The van der Waals surface area contributed by atoms with Gasteiger partial charge in [-0.05, 0) is 55.9 Å². The van der Waals surface area contributed by atoms with Gasteiger partial charge in [0.05, 0.1) is 11.5 Å². The fraction of sp³-hybridized carbons (Fsp3) is 0.583. The Morgan fingerprint density at radius 2 is 2.25 bits per heavy atom. The molecule has 0 aliphatic rings. The van der Waals surface area contributed by atoms with Gasteiger partial charge in [0.2, 0.25) is 0 Å². The van der Waals surface area contributed by atoms with Crippen LogP contribution in [0.15, 0.2) is 15.9 Å². The highest BCUT2D eigenvalue weighted by atomic mass is 79.9. The van der Waals surface area contributed by atoms with Crippen LogP contribution in [0.1, 0.15) is 25.1 Å². The van der Waals surface area contributed by atoms with Crippen molar-refractivity contribution < 1.29 is 0 Å². The Labute approximate surface area is 110 Å². The lowest BCUT2D eigenvalue weighted by atomic mass is 9.91. The van der Waals surface area contributed by atoms with E-state index in [-0.39, 0.29) is 5.41 Å². The van der Waals surface area contributed by atoms with E-state index in [9.17, 15) is 0 Å². The number of thiophene rings is 1. The SMILES string of the molecule is CN(CCC(C)(C)C#N)Cc1cc(Br)cs1. The van der Waals surface area contributed by atoms with Gasteiger partial charge in [-0.25, -0.2) is 0 Å². The van der Waals surface area contributed by atoms with Gasteiger partial charge in [-0.1, -0.05) is 0 Å². The Bertz CT molecular complexity index is 379. The van der Waals surface area contributed by atoms with Crippen LogP contribution >= 0.6 is 27.3 Å². The number of nitrogens with zero attached hydrogens (tertiary/aromatic N) is 2. The molecule has 0 saturated heterocycles. The van der Waals surface area contributed by atoms with E-state index in [4.69, 9.17) is 5.26 Å². The molecule has 0 bridgehead atoms. The van der Waals surface area contributed by atoms with Gasteiger partial charge in [0, 0.05) is 21.3 Å². The van der Waals surface area contributed by atoms with E-state index < -0.39 is 0 Å². The van der Waals surface area contributed by atoms with E-state index in [0.29, 0.717) is 0 Å². The third-order valence-electron chi connectivity index (χ3n) is 2.47. The fourth-order valence-corrected chi connectivity index (χ4v) is 2.84. The number of halogens is 1. The first-order valence-electron chi connectivity index (χ1n) is 5.26. The predicted molar refractivity (Wildman–Crippen MR) is 72.4 cm³/mol. The third kappa shape index (κ3) is 4.65. The highest BCUT2D eigenvalue weighted by molar-refractivity contribution is 9.10. The summed E-state index contributed by atoms with van der Waals surface area (Å²) in [6.07, 6.45) is 0.909. The second-order valence-electron chi connectivity index (χ2n) is 4.71. The lowest BCUT2D eigenvalue weighted by molar-refractivity contribution is 0.282. The van der Waals surface area contributed by atoms with Crippen LogP contribution in [0.25, 0.3) is 0 Å². The summed E-state index contributed by atoms with van der Waals surface area (Å²) >= 11 is 5.22. The van der Waals surface area contributed by atoms with Gasteiger partial charge in [-0.3, -0.25) is 0 Å². The molecule has 0 N–H and O–H groups in total. The van der Waals surface area contributed by atoms with Crippen LogP contribution in [0.3, 0.4) is 0 Å². The second kappa shape index (κ2) is 5.81. The maximum atomic E-state index is 8.93. The standard InChI is InChI=1S/C12H17BrN2S/c1-12(2,9-14)4-5-15(3)7-11-6-10(13)8-16-11/h6,8H,4-5,7H2,1-3H3. The van der Waals surface area contributed by atoms with Crippen molar-refractivity contribution in [2.45, 2.75) is 26.8 Å². The highest BCUT2D eigenvalue weighted by Gasteiger charge is 2.17. The van der Waals surface area contributed by atoms with Crippen molar-refractivity contribution in [3.63, 3.8) is 0 Å². The first kappa shape index (κ1) is 13.7. The molecule has 0 radical (unpaired) electrons. The number of rotatable bonds is 5. The van der Waals surface area contributed by atoms with Crippen LogP contribution in [-0.4, -0.2) is 18.5 Å². The van der Waals surface area contributed by atoms with Crippen LogP contribution in [-0.2, 0) is 6.54 Å². The molecule has 88 valence electrons. The molecule has 0 aromatic carbocycles. The summed E-state index contributed by atoms with van der Waals surface area (Å²) in [6, 6.07) is 4.48. The summed E-state index contributed by atoms with van der Waals surface area (Å²) in [6.45, 7) is 5.89. The number of nitriles is 1. The van der Waals surface area contributed by atoms with Crippen LogP contribution in [0, 0.1) is 16.7 Å². The summed E-state index contributed by atoms with van der Waals surface area (Å²) < 4.78 is 1.15. The Morgan fingerprint density at radius 3 is 2.75 bits per heavy atom. The Morgan fingerprint density at radius 1 is 1.56 bits per heavy atom. The van der Waals surface area contributed by atoms with Crippen molar-refractivity contribution >= 4 is 27.3 Å². The van der Waals surface area contributed by atoms with Crippen molar-refractivity contribution in [2.24, 2.45) is 5.41 Å².